The fourth-order valence-electron chi connectivity index (χ4n) is 1.28. The summed E-state index contributed by atoms with van der Waals surface area (Å²) in [4.78, 5) is 20.4. The van der Waals surface area contributed by atoms with Crippen LogP contribution in [0.25, 0.3) is 10.7 Å². The van der Waals surface area contributed by atoms with E-state index in [9.17, 15) is 4.79 Å². The van der Waals surface area contributed by atoms with Gasteiger partial charge in [0.15, 0.2) is 0 Å². The van der Waals surface area contributed by atoms with Gasteiger partial charge in [-0.3, -0.25) is 4.98 Å². The molecule has 0 aromatic carbocycles. The third kappa shape index (κ3) is 2.81. The predicted molar refractivity (Wildman–Crippen MR) is 68.7 cm³/mol. The number of hydrogen-bond acceptors (Lipinski definition) is 5. The first kappa shape index (κ1) is 13.6. The number of aromatic nitrogens is 2. The molecule has 2 rings (SSSR count). The minimum atomic E-state index is -0.350. The zero-order chi connectivity index (χ0) is 11.5. The van der Waals surface area contributed by atoms with E-state index >= 15 is 0 Å². The van der Waals surface area contributed by atoms with E-state index in [4.69, 9.17) is 0 Å². The first-order valence-electron chi connectivity index (χ1n) is 4.69. The van der Waals surface area contributed by atoms with Crippen molar-refractivity contribution in [2.24, 2.45) is 0 Å². The van der Waals surface area contributed by atoms with Crippen molar-refractivity contribution in [3.8, 4) is 10.7 Å². The number of rotatable bonds is 2. The summed E-state index contributed by atoms with van der Waals surface area (Å²) >= 11 is 1.30. The molecule has 2 heterocycles. The van der Waals surface area contributed by atoms with Gasteiger partial charge in [0, 0.05) is 6.20 Å². The number of aryl methyl sites for hydroxylation is 1. The number of esters is 1. The number of carbonyl (C=O) groups is 1. The molecule has 4 nitrogen and oxygen atoms in total. The molecule has 0 bridgehead atoms. The highest BCUT2D eigenvalue weighted by Crippen LogP contribution is 2.26. The summed E-state index contributed by atoms with van der Waals surface area (Å²) in [5.74, 6) is -0.350. The summed E-state index contributed by atoms with van der Waals surface area (Å²) in [5, 5.41) is 0.735. The van der Waals surface area contributed by atoms with Crippen molar-refractivity contribution in [3.63, 3.8) is 0 Å². The van der Waals surface area contributed by atoms with Gasteiger partial charge in [0.05, 0.1) is 18.5 Å². The van der Waals surface area contributed by atoms with Crippen LogP contribution in [-0.4, -0.2) is 23.0 Å². The van der Waals surface area contributed by atoms with Crippen LogP contribution in [0.4, 0.5) is 0 Å². The molecule has 0 aliphatic heterocycles. The molecule has 0 radical (unpaired) electrons. The van der Waals surface area contributed by atoms with Crippen LogP contribution in [0.1, 0.15) is 15.4 Å². The molecule has 0 saturated carbocycles. The van der Waals surface area contributed by atoms with Gasteiger partial charge in [0.25, 0.3) is 0 Å². The molecule has 6 heteroatoms. The highest BCUT2D eigenvalue weighted by molar-refractivity contribution is 7.17. The number of pyridine rings is 1. The van der Waals surface area contributed by atoms with E-state index in [1.165, 1.54) is 18.4 Å². The number of nitrogens with zero attached hydrogens (tertiary/aromatic N) is 2. The Hall–Kier alpha value is -1.46. The van der Waals surface area contributed by atoms with Crippen molar-refractivity contribution in [2.45, 2.75) is 6.92 Å². The Balaban J connectivity index is 0.00000144. The molecule has 90 valence electrons. The summed E-state index contributed by atoms with van der Waals surface area (Å²) < 4.78 is 4.68. The lowest BCUT2D eigenvalue weighted by Crippen LogP contribution is -1.99. The lowest BCUT2D eigenvalue weighted by atomic mass is 10.3. The van der Waals surface area contributed by atoms with Crippen molar-refractivity contribution < 1.29 is 9.53 Å². The lowest BCUT2D eigenvalue weighted by Gasteiger charge is -1.93. The molecule has 17 heavy (non-hydrogen) atoms. The summed E-state index contributed by atoms with van der Waals surface area (Å²) in [5.41, 5.74) is 1.45. The Morgan fingerprint density at radius 1 is 1.41 bits per heavy atom. The minimum absolute atomic E-state index is 0. The van der Waals surface area contributed by atoms with Crippen molar-refractivity contribution in [1.29, 1.82) is 0 Å². The monoisotopic (exact) mass is 270 g/mol. The minimum Gasteiger partial charge on any atom is -0.465 e. The molecule has 0 saturated heterocycles. The maximum Gasteiger partial charge on any atom is 0.349 e. The van der Waals surface area contributed by atoms with Gasteiger partial charge >= 0.3 is 5.97 Å². The number of ether oxygens (including phenoxy) is 1. The predicted octanol–water partition coefficient (Wildman–Crippen LogP) is 2.72. The van der Waals surface area contributed by atoms with E-state index in [1.54, 1.807) is 13.1 Å². The number of thiazole rings is 1. The van der Waals surface area contributed by atoms with Gasteiger partial charge < -0.3 is 4.74 Å². The molecule has 0 amide bonds. The largest absolute Gasteiger partial charge is 0.465 e. The third-order valence-corrected chi connectivity index (χ3v) is 3.21. The Bertz CT molecular complexity index is 513. The molecule has 0 aliphatic carbocycles. The van der Waals surface area contributed by atoms with Crippen LogP contribution in [-0.2, 0) is 4.74 Å². The number of methoxy groups -OCH3 is 1. The number of halogens is 1. The van der Waals surface area contributed by atoms with E-state index in [2.05, 4.69) is 14.7 Å². The second kappa shape index (κ2) is 5.75. The zero-order valence-corrected chi connectivity index (χ0v) is 11.0. The van der Waals surface area contributed by atoms with Gasteiger partial charge in [0.1, 0.15) is 9.88 Å². The second-order valence-corrected chi connectivity index (χ2v) is 4.14. The van der Waals surface area contributed by atoms with Crippen molar-refractivity contribution in [1.82, 2.24) is 9.97 Å². The highest BCUT2D eigenvalue weighted by Gasteiger charge is 2.16. The van der Waals surface area contributed by atoms with E-state index in [0.717, 1.165) is 10.7 Å². The zero-order valence-electron chi connectivity index (χ0n) is 9.34. The van der Waals surface area contributed by atoms with E-state index in [1.807, 2.05) is 18.2 Å². The summed E-state index contributed by atoms with van der Waals surface area (Å²) in [7, 11) is 1.36. The van der Waals surface area contributed by atoms with Gasteiger partial charge in [-0.1, -0.05) is 6.07 Å². The Labute approximate surface area is 109 Å². The maximum atomic E-state index is 11.4. The maximum absolute atomic E-state index is 11.4. The fourth-order valence-corrected chi connectivity index (χ4v) is 2.24. The molecule has 0 spiro atoms. The Morgan fingerprint density at radius 2 is 2.18 bits per heavy atom. The first-order valence-corrected chi connectivity index (χ1v) is 5.51. The standard InChI is InChI=1S/C11H10N2O2S.ClH/c1-7-9(11(14)15-2)16-10(13-7)8-5-3-4-6-12-8;/h3-6H,1-2H3;1H. The SMILES string of the molecule is COC(=O)c1sc(-c2ccccn2)nc1C.Cl. The molecule has 0 N–H and O–H groups in total. The third-order valence-electron chi connectivity index (χ3n) is 2.05. The van der Waals surface area contributed by atoms with Crippen molar-refractivity contribution in [2.75, 3.05) is 7.11 Å². The number of carbonyl (C=O) groups excluding carboxylic acids is 1. The molecule has 2 aromatic heterocycles. The smallest absolute Gasteiger partial charge is 0.349 e. The molecular formula is C11H11ClN2O2S. The number of hydrogen-bond donors (Lipinski definition) is 0. The molecule has 2 aromatic rings. The average Bonchev–Trinajstić information content (AvgIpc) is 2.71. The van der Waals surface area contributed by atoms with Gasteiger partial charge in [0.2, 0.25) is 0 Å². The molecule has 0 unspecified atom stereocenters. The van der Waals surface area contributed by atoms with Crippen LogP contribution in [0.15, 0.2) is 24.4 Å². The lowest BCUT2D eigenvalue weighted by molar-refractivity contribution is 0.0605. The van der Waals surface area contributed by atoms with Crippen LogP contribution in [0, 0.1) is 6.92 Å². The summed E-state index contributed by atoms with van der Waals surface area (Å²) in [6, 6.07) is 5.58. The van der Waals surface area contributed by atoms with Crippen LogP contribution >= 0.6 is 23.7 Å². The second-order valence-electron chi connectivity index (χ2n) is 3.14. The van der Waals surface area contributed by atoms with Crippen molar-refractivity contribution in [3.05, 3.63) is 35.0 Å². The topological polar surface area (TPSA) is 52.1 Å². The molecular weight excluding hydrogens is 260 g/mol. The van der Waals surface area contributed by atoms with Gasteiger partial charge in [-0.25, -0.2) is 9.78 Å². The molecule has 0 fully saturated rings. The normalized spacial score (nSPS) is 9.53. The van der Waals surface area contributed by atoms with Crippen LogP contribution < -0.4 is 0 Å². The van der Waals surface area contributed by atoms with E-state index in [-0.39, 0.29) is 18.4 Å². The van der Waals surface area contributed by atoms with Crippen LogP contribution in [0.5, 0.6) is 0 Å². The highest BCUT2D eigenvalue weighted by atomic mass is 35.5. The van der Waals surface area contributed by atoms with Crippen molar-refractivity contribution >= 4 is 29.7 Å². The van der Waals surface area contributed by atoms with Gasteiger partial charge in [-0.05, 0) is 19.1 Å². The fraction of sp³-hybridized carbons (Fsp3) is 0.182. The van der Waals surface area contributed by atoms with Crippen LogP contribution in [0.3, 0.4) is 0 Å². The van der Waals surface area contributed by atoms with Gasteiger partial charge in [-0.2, -0.15) is 0 Å². The summed E-state index contributed by atoms with van der Waals surface area (Å²) in [6.07, 6.45) is 1.70. The van der Waals surface area contributed by atoms with E-state index in [0.29, 0.717) is 10.6 Å². The Morgan fingerprint density at radius 3 is 2.76 bits per heavy atom. The first-order chi connectivity index (χ1) is 7.72. The molecule has 0 aliphatic rings. The molecule has 0 atom stereocenters. The van der Waals surface area contributed by atoms with E-state index < -0.39 is 0 Å². The Kier molecular flexibility index (Phi) is 4.60. The summed E-state index contributed by atoms with van der Waals surface area (Å²) in [6.45, 7) is 1.79. The van der Waals surface area contributed by atoms with Gasteiger partial charge in [-0.15, -0.1) is 23.7 Å². The average molecular weight is 271 g/mol. The quantitative estimate of drug-likeness (QED) is 0.788. The van der Waals surface area contributed by atoms with Crippen LogP contribution in [0.2, 0.25) is 0 Å².